The predicted octanol–water partition coefficient (Wildman–Crippen LogP) is 1.74. The van der Waals surface area contributed by atoms with Gasteiger partial charge in [-0.2, -0.15) is 0 Å². The van der Waals surface area contributed by atoms with E-state index in [1.54, 1.807) is 0 Å². The highest BCUT2D eigenvalue weighted by Crippen LogP contribution is 2.27. The molecule has 1 saturated heterocycles. The first-order chi connectivity index (χ1) is 5.86. The van der Waals surface area contributed by atoms with Gasteiger partial charge in [0.25, 0.3) is 0 Å². The summed E-state index contributed by atoms with van der Waals surface area (Å²) >= 11 is 5.28. The molecule has 0 unspecified atom stereocenters. The number of rotatable bonds is 1. The van der Waals surface area contributed by atoms with Crippen molar-refractivity contribution in [2.24, 2.45) is 0 Å². The molecule has 1 aromatic heterocycles. The Balaban J connectivity index is 2.08. The molecule has 0 aromatic carbocycles. The quantitative estimate of drug-likeness (QED) is 0.790. The summed E-state index contributed by atoms with van der Waals surface area (Å²) in [5.41, 5.74) is 0. The Hall–Kier alpha value is 0.1000. The lowest BCUT2D eigenvalue weighted by atomic mass is 10.2. The summed E-state index contributed by atoms with van der Waals surface area (Å²) in [6, 6.07) is 4.80. The van der Waals surface area contributed by atoms with Crippen molar-refractivity contribution in [2.45, 2.75) is 6.04 Å². The van der Waals surface area contributed by atoms with Gasteiger partial charge in [-0.1, -0.05) is 0 Å². The fourth-order valence-corrected chi connectivity index (χ4v) is 2.87. The van der Waals surface area contributed by atoms with Crippen molar-refractivity contribution in [3.63, 3.8) is 0 Å². The third kappa shape index (κ3) is 1.88. The molecule has 0 saturated carbocycles. The summed E-state index contributed by atoms with van der Waals surface area (Å²) in [7, 11) is 0. The zero-order valence-corrected chi connectivity index (χ0v) is 9.04. The average molecular weight is 247 g/mol. The second kappa shape index (κ2) is 3.87. The van der Waals surface area contributed by atoms with Crippen molar-refractivity contribution in [2.75, 3.05) is 19.6 Å². The minimum Gasteiger partial charge on any atom is -0.314 e. The highest BCUT2D eigenvalue weighted by atomic mass is 79.9. The smallest absolute Gasteiger partial charge is 0.0702 e. The molecule has 2 heterocycles. The van der Waals surface area contributed by atoms with Gasteiger partial charge in [-0.05, 0) is 28.1 Å². The zero-order chi connectivity index (χ0) is 8.39. The molecule has 0 aliphatic carbocycles. The number of piperazine rings is 1. The molecule has 1 aliphatic heterocycles. The largest absolute Gasteiger partial charge is 0.314 e. The number of thiophene rings is 1. The molecule has 0 bridgehead atoms. The maximum atomic E-state index is 3.48. The van der Waals surface area contributed by atoms with E-state index >= 15 is 0 Å². The van der Waals surface area contributed by atoms with Crippen LogP contribution in [0.1, 0.15) is 10.9 Å². The van der Waals surface area contributed by atoms with E-state index in [-0.39, 0.29) is 0 Å². The van der Waals surface area contributed by atoms with E-state index in [0.717, 1.165) is 19.6 Å². The van der Waals surface area contributed by atoms with Crippen LogP contribution < -0.4 is 10.6 Å². The fourth-order valence-electron chi connectivity index (χ4n) is 1.37. The average Bonchev–Trinajstić information content (AvgIpc) is 2.54. The minimum absolute atomic E-state index is 0.509. The van der Waals surface area contributed by atoms with Crippen LogP contribution in [-0.2, 0) is 0 Å². The molecule has 66 valence electrons. The van der Waals surface area contributed by atoms with Crippen molar-refractivity contribution >= 4 is 27.3 Å². The zero-order valence-electron chi connectivity index (χ0n) is 6.64. The van der Waals surface area contributed by atoms with Gasteiger partial charge in [-0.3, -0.25) is 0 Å². The predicted molar refractivity (Wildman–Crippen MR) is 55.6 cm³/mol. The molecule has 4 heteroatoms. The Morgan fingerprint density at radius 3 is 2.92 bits per heavy atom. The number of halogens is 1. The van der Waals surface area contributed by atoms with E-state index in [1.165, 1.54) is 8.66 Å². The van der Waals surface area contributed by atoms with Crippen LogP contribution in [0, 0.1) is 0 Å². The highest BCUT2D eigenvalue weighted by molar-refractivity contribution is 9.11. The molecule has 2 nitrogen and oxygen atoms in total. The Morgan fingerprint density at radius 1 is 1.42 bits per heavy atom. The van der Waals surface area contributed by atoms with Gasteiger partial charge >= 0.3 is 0 Å². The molecule has 1 atom stereocenters. The topological polar surface area (TPSA) is 24.1 Å². The summed E-state index contributed by atoms with van der Waals surface area (Å²) in [6.45, 7) is 3.20. The van der Waals surface area contributed by atoms with Crippen LogP contribution in [0.4, 0.5) is 0 Å². The lowest BCUT2D eigenvalue weighted by Gasteiger charge is -2.23. The maximum absolute atomic E-state index is 3.48. The van der Waals surface area contributed by atoms with Crippen LogP contribution >= 0.6 is 27.3 Å². The van der Waals surface area contributed by atoms with E-state index in [0.29, 0.717) is 6.04 Å². The first-order valence-corrected chi connectivity index (χ1v) is 5.66. The Morgan fingerprint density at radius 2 is 2.33 bits per heavy atom. The number of hydrogen-bond acceptors (Lipinski definition) is 3. The molecule has 2 rings (SSSR count). The SMILES string of the molecule is Brc1ccc([C@H]2CNCCN2)s1. The van der Waals surface area contributed by atoms with E-state index in [9.17, 15) is 0 Å². The third-order valence-corrected chi connectivity index (χ3v) is 3.72. The third-order valence-electron chi connectivity index (χ3n) is 1.98. The molecule has 2 N–H and O–H groups in total. The fraction of sp³-hybridized carbons (Fsp3) is 0.500. The van der Waals surface area contributed by atoms with Crippen molar-refractivity contribution in [1.29, 1.82) is 0 Å². The normalized spacial score (nSPS) is 24.2. The van der Waals surface area contributed by atoms with Gasteiger partial charge in [0.2, 0.25) is 0 Å². The van der Waals surface area contributed by atoms with E-state index in [1.807, 2.05) is 11.3 Å². The van der Waals surface area contributed by atoms with Gasteiger partial charge in [-0.15, -0.1) is 11.3 Å². The summed E-state index contributed by atoms with van der Waals surface area (Å²) in [5, 5.41) is 6.85. The molecule has 0 amide bonds. The van der Waals surface area contributed by atoms with Crippen LogP contribution in [0.25, 0.3) is 0 Å². The lowest BCUT2D eigenvalue weighted by molar-refractivity contribution is 0.435. The summed E-state index contributed by atoms with van der Waals surface area (Å²) in [5.74, 6) is 0. The summed E-state index contributed by atoms with van der Waals surface area (Å²) in [4.78, 5) is 1.41. The van der Waals surface area contributed by atoms with Gasteiger partial charge in [0, 0.05) is 24.5 Å². The molecular weight excluding hydrogens is 236 g/mol. The Kier molecular flexibility index (Phi) is 2.80. The van der Waals surface area contributed by atoms with Crippen molar-refractivity contribution in [1.82, 2.24) is 10.6 Å². The lowest BCUT2D eigenvalue weighted by Crippen LogP contribution is -2.42. The molecular formula is C8H11BrN2S. The van der Waals surface area contributed by atoms with Gasteiger partial charge in [0.15, 0.2) is 0 Å². The molecule has 0 spiro atoms. The molecule has 12 heavy (non-hydrogen) atoms. The molecule has 0 radical (unpaired) electrons. The van der Waals surface area contributed by atoms with Gasteiger partial charge in [0.1, 0.15) is 0 Å². The van der Waals surface area contributed by atoms with E-state index in [4.69, 9.17) is 0 Å². The van der Waals surface area contributed by atoms with Crippen LogP contribution in [0.5, 0.6) is 0 Å². The van der Waals surface area contributed by atoms with Crippen LogP contribution in [-0.4, -0.2) is 19.6 Å². The highest BCUT2D eigenvalue weighted by Gasteiger charge is 2.15. The van der Waals surface area contributed by atoms with Gasteiger partial charge in [-0.25, -0.2) is 0 Å². The minimum atomic E-state index is 0.509. The first kappa shape index (κ1) is 8.69. The van der Waals surface area contributed by atoms with Crippen LogP contribution in [0.3, 0.4) is 0 Å². The van der Waals surface area contributed by atoms with Crippen LogP contribution in [0.2, 0.25) is 0 Å². The van der Waals surface area contributed by atoms with Gasteiger partial charge in [0.05, 0.1) is 9.83 Å². The van der Waals surface area contributed by atoms with Gasteiger partial charge < -0.3 is 10.6 Å². The Bertz CT molecular complexity index is 255. The standard InChI is InChI=1S/C8H11BrN2S/c9-8-2-1-7(12-8)6-5-10-3-4-11-6/h1-2,6,10-11H,3-5H2/t6-/m1/s1. The van der Waals surface area contributed by atoms with Crippen LogP contribution in [0.15, 0.2) is 15.9 Å². The molecule has 1 aliphatic rings. The maximum Gasteiger partial charge on any atom is 0.0702 e. The summed E-state index contributed by atoms with van der Waals surface area (Å²) in [6.07, 6.45) is 0. The first-order valence-electron chi connectivity index (χ1n) is 4.05. The van der Waals surface area contributed by atoms with Crippen molar-refractivity contribution in [3.05, 3.63) is 20.8 Å². The second-order valence-corrected chi connectivity index (χ2v) is 5.35. The monoisotopic (exact) mass is 246 g/mol. The molecule has 1 fully saturated rings. The number of hydrogen-bond donors (Lipinski definition) is 2. The van der Waals surface area contributed by atoms with Crippen molar-refractivity contribution < 1.29 is 0 Å². The van der Waals surface area contributed by atoms with E-state index < -0.39 is 0 Å². The summed E-state index contributed by atoms with van der Waals surface area (Å²) < 4.78 is 1.21. The number of nitrogens with one attached hydrogen (secondary N) is 2. The molecule has 1 aromatic rings. The Labute approximate surface area is 84.5 Å². The second-order valence-electron chi connectivity index (χ2n) is 2.85. The van der Waals surface area contributed by atoms with E-state index in [2.05, 4.69) is 38.7 Å². The van der Waals surface area contributed by atoms with Crippen molar-refractivity contribution in [3.8, 4) is 0 Å².